The Balaban J connectivity index is 1.61. The normalized spacial score (nSPS) is 15.1. The molecule has 176 valence electrons. The summed E-state index contributed by atoms with van der Waals surface area (Å²) in [5, 5.41) is 0. The predicted molar refractivity (Wildman–Crippen MR) is 145 cm³/mol. The van der Waals surface area contributed by atoms with Gasteiger partial charge in [0.05, 0.1) is 0 Å². The number of hydrogen-bond donors (Lipinski definition) is 0. The lowest BCUT2D eigenvalue weighted by molar-refractivity contribution is 0.382. The lowest BCUT2D eigenvalue weighted by atomic mass is 9.75. The molecule has 0 fully saturated rings. The van der Waals surface area contributed by atoms with Crippen LogP contribution in [0.5, 0.6) is 0 Å². The van der Waals surface area contributed by atoms with E-state index in [0.717, 1.165) is 0 Å². The van der Waals surface area contributed by atoms with Crippen LogP contribution in [0.2, 0.25) is 0 Å². The van der Waals surface area contributed by atoms with Crippen molar-refractivity contribution < 1.29 is 0 Å². The fourth-order valence-electron chi connectivity index (χ4n) is 5.23. The lowest BCUT2D eigenvalue weighted by Gasteiger charge is -2.30. The van der Waals surface area contributed by atoms with Gasteiger partial charge in [-0.3, -0.25) is 0 Å². The van der Waals surface area contributed by atoms with Gasteiger partial charge in [-0.25, -0.2) is 0 Å². The first kappa shape index (κ1) is 25.3. The predicted octanol–water partition coefficient (Wildman–Crippen LogP) is 9.90. The summed E-state index contributed by atoms with van der Waals surface area (Å²) in [6.07, 6.45) is 8.86. The zero-order valence-electron chi connectivity index (χ0n) is 21.6. The molecule has 3 aromatic rings. The van der Waals surface area contributed by atoms with Gasteiger partial charge in [0.25, 0.3) is 0 Å². The van der Waals surface area contributed by atoms with Crippen LogP contribution < -0.4 is 0 Å². The van der Waals surface area contributed by atoms with Gasteiger partial charge in [0.2, 0.25) is 0 Å². The van der Waals surface area contributed by atoms with Crippen LogP contribution in [-0.4, -0.2) is 0 Å². The monoisotopic (exact) mass is 440 g/mol. The molecule has 3 atom stereocenters. The topological polar surface area (TPSA) is 0 Å². The molecular formula is C33H44. The van der Waals surface area contributed by atoms with Gasteiger partial charge in [0.15, 0.2) is 0 Å². The van der Waals surface area contributed by atoms with Crippen LogP contribution in [0.25, 0.3) is 0 Å². The van der Waals surface area contributed by atoms with Crippen LogP contribution in [0.15, 0.2) is 78.9 Å². The Morgan fingerprint density at radius 1 is 0.697 bits per heavy atom. The lowest BCUT2D eigenvalue weighted by Crippen LogP contribution is -2.21. The van der Waals surface area contributed by atoms with Crippen molar-refractivity contribution in [2.24, 2.45) is 0 Å². The molecule has 0 aromatic heterocycles. The Kier molecular flexibility index (Phi) is 9.36. The maximum absolute atomic E-state index is 2.45. The third-order valence-electron chi connectivity index (χ3n) is 7.88. The summed E-state index contributed by atoms with van der Waals surface area (Å²) >= 11 is 0. The fraction of sp³-hybridized carbons (Fsp3) is 0.455. The van der Waals surface area contributed by atoms with E-state index >= 15 is 0 Å². The van der Waals surface area contributed by atoms with Crippen molar-refractivity contribution in [3.63, 3.8) is 0 Å². The molecule has 0 amide bonds. The SMILES string of the molecule is CCC(C)(CCCC(CCCC(C)c1cccc(C)c1)c1ccc(C)cc1)c1ccccc1. The van der Waals surface area contributed by atoms with Gasteiger partial charge < -0.3 is 0 Å². The second kappa shape index (κ2) is 12.2. The first-order valence-electron chi connectivity index (χ1n) is 13.1. The van der Waals surface area contributed by atoms with E-state index in [0.29, 0.717) is 11.8 Å². The van der Waals surface area contributed by atoms with Crippen LogP contribution in [-0.2, 0) is 5.41 Å². The summed E-state index contributed by atoms with van der Waals surface area (Å²) in [7, 11) is 0. The third kappa shape index (κ3) is 7.32. The molecule has 0 heteroatoms. The minimum Gasteiger partial charge on any atom is -0.0645 e. The minimum absolute atomic E-state index is 0.277. The maximum atomic E-state index is 2.45. The standard InChI is InChI=1S/C33H44/c1-6-33(5,32-18-8-7-9-19-32)24-12-17-29(30-22-20-26(2)21-23-30)15-11-14-28(4)31-16-10-13-27(3)25-31/h7-10,13,16,18-23,25,28-29H,6,11-12,14-15,17,24H2,1-5H3. The van der Waals surface area contributed by atoms with Gasteiger partial charge >= 0.3 is 0 Å². The average Bonchev–Trinajstić information content (AvgIpc) is 2.84. The van der Waals surface area contributed by atoms with E-state index < -0.39 is 0 Å². The van der Waals surface area contributed by atoms with Gasteiger partial charge in [-0.15, -0.1) is 0 Å². The molecule has 0 aliphatic rings. The Morgan fingerprint density at radius 3 is 2.06 bits per heavy atom. The number of benzene rings is 3. The molecule has 0 heterocycles. The molecule has 0 bridgehead atoms. The highest BCUT2D eigenvalue weighted by atomic mass is 14.3. The highest BCUT2D eigenvalue weighted by Gasteiger charge is 2.24. The second-order valence-corrected chi connectivity index (χ2v) is 10.5. The highest BCUT2D eigenvalue weighted by Crippen LogP contribution is 2.36. The first-order valence-corrected chi connectivity index (χ1v) is 13.1. The van der Waals surface area contributed by atoms with Crippen LogP contribution in [0.1, 0.15) is 105 Å². The van der Waals surface area contributed by atoms with E-state index in [4.69, 9.17) is 0 Å². The number of rotatable bonds is 12. The number of hydrogen-bond acceptors (Lipinski definition) is 0. The molecule has 0 aliphatic carbocycles. The molecule has 3 unspecified atom stereocenters. The van der Waals surface area contributed by atoms with Crippen molar-refractivity contribution in [2.45, 2.75) is 96.8 Å². The van der Waals surface area contributed by atoms with E-state index in [1.807, 2.05) is 0 Å². The Labute approximate surface area is 203 Å². The van der Waals surface area contributed by atoms with Gasteiger partial charge in [-0.2, -0.15) is 0 Å². The molecule has 33 heavy (non-hydrogen) atoms. The third-order valence-corrected chi connectivity index (χ3v) is 7.88. The molecule has 0 aliphatic heterocycles. The molecular weight excluding hydrogens is 396 g/mol. The van der Waals surface area contributed by atoms with Crippen molar-refractivity contribution in [1.29, 1.82) is 0 Å². The second-order valence-electron chi connectivity index (χ2n) is 10.5. The average molecular weight is 441 g/mol. The Morgan fingerprint density at radius 2 is 1.39 bits per heavy atom. The van der Waals surface area contributed by atoms with Crippen molar-refractivity contribution in [3.8, 4) is 0 Å². The van der Waals surface area contributed by atoms with E-state index in [1.54, 1.807) is 0 Å². The van der Waals surface area contributed by atoms with Crippen molar-refractivity contribution >= 4 is 0 Å². The molecule has 0 spiro atoms. The summed E-state index contributed by atoms with van der Waals surface area (Å²) in [4.78, 5) is 0. The Bertz CT molecular complexity index is 953. The molecule has 3 rings (SSSR count). The molecule has 0 N–H and O–H groups in total. The fourth-order valence-corrected chi connectivity index (χ4v) is 5.23. The van der Waals surface area contributed by atoms with E-state index in [1.165, 1.54) is 72.8 Å². The van der Waals surface area contributed by atoms with Crippen LogP contribution in [0.3, 0.4) is 0 Å². The zero-order chi connectivity index (χ0) is 23.7. The van der Waals surface area contributed by atoms with Crippen molar-refractivity contribution in [2.75, 3.05) is 0 Å². The van der Waals surface area contributed by atoms with Crippen molar-refractivity contribution in [1.82, 2.24) is 0 Å². The van der Waals surface area contributed by atoms with E-state index in [-0.39, 0.29) is 5.41 Å². The first-order chi connectivity index (χ1) is 15.9. The quantitative estimate of drug-likeness (QED) is 0.263. The van der Waals surface area contributed by atoms with Crippen LogP contribution >= 0.6 is 0 Å². The summed E-state index contributed by atoms with van der Waals surface area (Å²) < 4.78 is 0. The summed E-state index contributed by atoms with van der Waals surface area (Å²) in [5.74, 6) is 1.29. The zero-order valence-corrected chi connectivity index (χ0v) is 21.6. The molecule has 0 nitrogen and oxygen atoms in total. The molecule has 3 aromatic carbocycles. The van der Waals surface area contributed by atoms with E-state index in [2.05, 4.69) is 113 Å². The minimum atomic E-state index is 0.277. The molecule has 0 radical (unpaired) electrons. The van der Waals surface area contributed by atoms with Crippen LogP contribution in [0, 0.1) is 13.8 Å². The van der Waals surface area contributed by atoms with Gasteiger partial charge in [0.1, 0.15) is 0 Å². The summed E-state index contributed by atoms with van der Waals surface area (Å²) in [6.45, 7) is 11.6. The molecule has 0 saturated carbocycles. The smallest absolute Gasteiger partial charge is 0.00779 e. The maximum Gasteiger partial charge on any atom is -0.00779 e. The van der Waals surface area contributed by atoms with Gasteiger partial charge in [-0.1, -0.05) is 124 Å². The highest BCUT2D eigenvalue weighted by molar-refractivity contribution is 5.27. The van der Waals surface area contributed by atoms with Crippen LogP contribution in [0.4, 0.5) is 0 Å². The van der Waals surface area contributed by atoms with E-state index in [9.17, 15) is 0 Å². The Hall–Kier alpha value is -2.34. The van der Waals surface area contributed by atoms with Gasteiger partial charge in [-0.05, 0) is 79.9 Å². The summed E-state index contributed by atoms with van der Waals surface area (Å²) in [6, 6.07) is 29.5. The largest absolute Gasteiger partial charge is 0.0645 e. The van der Waals surface area contributed by atoms with Gasteiger partial charge in [0, 0.05) is 0 Å². The summed E-state index contributed by atoms with van der Waals surface area (Å²) in [5.41, 5.74) is 7.51. The molecule has 0 saturated heterocycles. The van der Waals surface area contributed by atoms with Crippen molar-refractivity contribution in [3.05, 3.63) is 107 Å². The number of aryl methyl sites for hydroxylation is 2.